The van der Waals surface area contributed by atoms with E-state index < -0.39 is 0 Å². The van der Waals surface area contributed by atoms with Gasteiger partial charge in [0.15, 0.2) is 0 Å². The quantitative estimate of drug-likeness (QED) is 0.774. The summed E-state index contributed by atoms with van der Waals surface area (Å²) in [6.07, 6.45) is 4.47. The molecule has 4 heteroatoms. The third kappa shape index (κ3) is 2.03. The van der Waals surface area contributed by atoms with E-state index in [9.17, 15) is 9.90 Å². The number of likely N-dealkylation sites (N-methyl/N-ethyl adjacent to an activating group) is 1. The van der Waals surface area contributed by atoms with Gasteiger partial charge in [0.05, 0.1) is 12.1 Å². The molecular weight excluding hydrogens is 204 g/mol. The molecule has 16 heavy (non-hydrogen) atoms. The molecule has 1 aliphatic carbocycles. The Labute approximate surface area is 97.2 Å². The second-order valence-electron chi connectivity index (χ2n) is 5.07. The Kier molecular flexibility index (Phi) is 3.38. The number of aliphatic hydroxyl groups is 1. The van der Waals surface area contributed by atoms with Crippen molar-refractivity contribution >= 4 is 6.03 Å². The fourth-order valence-corrected chi connectivity index (χ4v) is 2.86. The predicted octanol–water partition coefficient (Wildman–Crippen LogP) is 1.44. The standard InChI is InChI=1S/C12H22N2O2/c1-3-9-8-14(12(16)13(9)2)10-4-6-11(15)7-5-10/h9-11,15H,3-8H2,1-2H3. The highest BCUT2D eigenvalue weighted by Crippen LogP contribution is 2.28. The van der Waals surface area contributed by atoms with E-state index in [4.69, 9.17) is 0 Å². The zero-order valence-electron chi connectivity index (χ0n) is 10.2. The molecule has 1 saturated carbocycles. The number of hydrogen-bond acceptors (Lipinski definition) is 2. The van der Waals surface area contributed by atoms with Crippen molar-refractivity contribution in [1.82, 2.24) is 9.80 Å². The van der Waals surface area contributed by atoms with Crippen LogP contribution < -0.4 is 0 Å². The molecule has 4 nitrogen and oxygen atoms in total. The van der Waals surface area contributed by atoms with Gasteiger partial charge in [-0.1, -0.05) is 6.92 Å². The van der Waals surface area contributed by atoms with E-state index >= 15 is 0 Å². The number of nitrogens with zero attached hydrogens (tertiary/aromatic N) is 2. The Hall–Kier alpha value is -0.770. The molecule has 2 amide bonds. The van der Waals surface area contributed by atoms with Crippen LogP contribution in [0.1, 0.15) is 39.0 Å². The van der Waals surface area contributed by atoms with Gasteiger partial charge >= 0.3 is 6.03 Å². The number of hydrogen-bond donors (Lipinski definition) is 1. The molecule has 1 N–H and O–H groups in total. The number of carbonyl (C=O) groups is 1. The minimum atomic E-state index is -0.145. The van der Waals surface area contributed by atoms with Gasteiger partial charge in [-0.15, -0.1) is 0 Å². The Balaban J connectivity index is 1.97. The van der Waals surface area contributed by atoms with Crippen LogP contribution in [0.5, 0.6) is 0 Å². The summed E-state index contributed by atoms with van der Waals surface area (Å²) in [5.74, 6) is 0. The molecule has 2 fully saturated rings. The molecule has 92 valence electrons. The lowest BCUT2D eigenvalue weighted by atomic mass is 9.92. The lowest BCUT2D eigenvalue weighted by molar-refractivity contribution is 0.0897. The Morgan fingerprint density at radius 3 is 2.44 bits per heavy atom. The smallest absolute Gasteiger partial charge is 0.320 e. The van der Waals surface area contributed by atoms with Crippen molar-refractivity contribution in [3.8, 4) is 0 Å². The molecule has 0 aromatic rings. The molecule has 1 heterocycles. The highest BCUT2D eigenvalue weighted by molar-refractivity contribution is 5.77. The second-order valence-corrected chi connectivity index (χ2v) is 5.07. The maximum absolute atomic E-state index is 12.0. The first-order chi connectivity index (χ1) is 7.63. The van der Waals surface area contributed by atoms with Crippen LogP contribution in [0.4, 0.5) is 4.79 Å². The van der Waals surface area contributed by atoms with E-state index in [1.165, 1.54) is 0 Å². The van der Waals surface area contributed by atoms with Crippen molar-refractivity contribution in [2.24, 2.45) is 0 Å². The summed E-state index contributed by atoms with van der Waals surface area (Å²) in [4.78, 5) is 15.9. The second kappa shape index (κ2) is 4.62. The molecule has 1 aliphatic heterocycles. The number of urea groups is 1. The van der Waals surface area contributed by atoms with Crippen molar-refractivity contribution in [2.45, 2.75) is 57.2 Å². The van der Waals surface area contributed by atoms with E-state index in [-0.39, 0.29) is 12.1 Å². The largest absolute Gasteiger partial charge is 0.393 e. The summed E-state index contributed by atoms with van der Waals surface area (Å²) in [6.45, 7) is 3.00. The first-order valence-electron chi connectivity index (χ1n) is 6.35. The number of aliphatic hydroxyl groups excluding tert-OH is 1. The van der Waals surface area contributed by atoms with E-state index in [1.54, 1.807) is 0 Å². The van der Waals surface area contributed by atoms with Crippen LogP contribution in [0.15, 0.2) is 0 Å². The summed E-state index contributed by atoms with van der Waals surface area (Å²) in [7, 11) is 1.90. The van der Waals surface area contributed by atoms with E-state index in [0.29, 0.717) is 12.1 Å². The summed E-state index contributed by atoms with van der Waals surface area (Å²) < 4.78 is 0. The normalized spacial score (nSPS) is 35.9. The van der Waals surface area contributed by atoms with Crippen molar-refractivity contribution in [1.29, 1.82) is 0 Å². The van der Waals surface area contributed by atoms with Crippen molar-refractivity contribution in [3.63, 3.8) is 0 Å². The Bertz CT molecular complexity index is 262. The molecule has 1 saturated heterocycles. The molecule has 2 rings (SSSR count). The van der Waals surface area contributed by atoms with Crippen molar-refractivity contribution in [3.05, 3.63) is 0 Å². The van der Waals surface area contributed by atoms with Gasteiger partial charge in [-0.3, -0.25) is 0 Å². The van der Waals surface area contributed by atoms with Crippen LogP contribution >= 0.6 is 0 Å². The zero-order chi connectivity index (χ0) is 11.7. The Morgan fingerprint density at radius 1 is 1.31 bits per heavy atom. The van der Waals surface area contributed by atoms with Crippen LogP contribution in [0.3, 0.4) is 0 Å². The first kappa shape index (κ1) is 11.7. The molecule has 0 bridgehead atoms. The monoisotopic (exact) mass is 226 g/mol. The van der Waals surface area contributed by atoms with Crippen LogP contribution in [-0.2, 0) is 0 Å². The average molecular weight is 226 g/mol. The molecule has 1 atom stereocenters. The zero-order valence-corrected chi connectivity index (χ0v) is 10.2. The van der Waals surface area contributed by atoms with Gasteiger partial charge in [-0.2, -0.15) is 0 Å². The Morgan fingerprint density at radius 2 is 1.94 bits per heavy atom. The highest BCUT2D eigenvalue weighted by Gasteiger charge is 2.38. The lowest BCUT2D eigenvalue weighted by Crippen LogP contribution is -2.41. The van der Waals surface area contributed by atoms with Gasteiger partial charge < -0.3 is 14.9 Å². The highest BCUT2D eigenvalue weighted by atomic mass is 16.3. The van der Waals surface area contributed by atoms with Crippen molar-refractivity contribution < 1.29 is 9.90 Å². The average Bonchev–Trinajstić information content (AvgIpc) is 2.57. The van der Waals surface area contributed by atoms with Gasteiger partial charge in [0, 0.05) is 19.6 Å². The molecule has 1 unspecified atom stereocenters. The van der Waals surface area contributed by atoms with Crippen LogP contribution in [0.2, 0.25) is 0 Å². The number of rotatable bonds is 2. The van der Waals surface area contributed by atoms with Crippen LogP contribution in [0.25, 0.3) is 0 Å². The summed E-state index contributed by atoms with van der Waals surface area (Å²) in [6, 6.07) is 0.905. The molecular formula is C12H22N2O2. The van der Waals surface area contributed by atoms with Crippen molar-refractivity contribution in [2.75, 3.05) is 13.6 Å². The topological polar surface area (TPSA) is 43.8 Å². The summed E-state index contributed by atoms with van der Waals surface area (Å²) in [5.41, 5.74) is 0. The summed E-state index contributed by atoms with van der Waals surface area (Å²) in [5, 5.41) is 9.47. The van der Waals surface area contributed by atoms with E-state index in [0.717, 1.165) is 38.6 Å². The molecule has 0 aromatic heterocycles. The maximum Gasteiger partial charge on any atom is 0.320 e. The molecule has 0 aromatic carbocycles. The molecule has 0 spiro atoms. The minimum Gasteiger partial charge on any atom is -0.393 e. The lowest BCUT2D eigenvalue weighted by Gasteiger charge is -2.32. The van der Waals surface area contributed by atoms with Crippen LogP contribution in [0, 0.1) is 0 Å². The van der Waals surface area contributed by atoms with Gasteiger partial charge in [0.25, 0.3) is 0 Å². The molecule has 0 radical (unpaired) electrons. The first-order valence-corrected chi connectivity index (χ1v) is 6.35. The molecule has 2 aliphatic rings. The van der Waals surface area contributed by atoms with Gasteiger partial charge in [-0.05, 0) is 32.1 Å². The van der Waals surface area contributed by atoms with E-state index in [2.05, 4.69) is 6.92 Å². The predicted molar refractivity (Wildman–Crippen MR) is 62.2 cm³/mol. The SMILES string of the molecule is CCC1CN(C2CCC(O)CC2)C(=O)N1C. The third-order valence-corrected chi connectivity index (χ3v) is 4.08. The summed E-state index contributed by atoms with van der Waals surface area (Å²) >= 11 is 0. The number of amides is 2. The van der Waals surface area contributed by atoms with E-state index in [1.807, 2.05) is 16.8 Å². The van der Waals surface area contributed by atoms with Gasteiger partial charge in [0.1, 0.15) is 0 Å². The third-order valence-electron chi connectivity index (χ3n) is 4.08. The maximum atomic E-state index is 12.0. The fourth-order valence-electron chi connectivity index (χ4n) is 2.86. The fraction of sp³-hybridized carbons (Fsp3) is 0.917. The minimum absolute atomic E-state index is 0.145. The van der Waals surface area contributed by atoms with Crippen LogP contribution in [-0.4, -0.2) is 52.7 Å². The van der Waals surface area contributed by atoms with Gasteiger partial charge in [-0.25, -0.2) is 4.79 Å². The van der Waals surface area contributed by atoms with Gasteiger partial charge in [0.2, 0.25) is 0 Å². The number of carbonyl (C=O) groups excluding carboxylic acids is 1.